The maximum Gasteiger partial charge on any atom is 0.334 e. The fourth-order valence-corrected chi connectivity index (χ4v) is 4.11. The largest absolute Gasteiger partial charge is 0.467 e. The molecule has 1 saturated heterocycles. The maximum absolute atomic E-state index is 11.7. The summed E-state index contributed by atoms with van der Waals surface area (Å²) in [6, 6.07) is -0.276. The molecule has 0 aromatic carbocycles. The molecule has 1 heterocycles. The van der Waals surface area contributed by atoms with E-state index in [9.17, 15) is 13.2 Å². The van der Waals surface area contributed by atoms with Crippen molar-refractivity contribution in [3.63, 3.8) is 0 Å². The third kappa shape index (κ3) is 5.77. The summed E-state index contributed by atoms with van der Waals surface area (Å²) in [7, 11) is -1.97. The third-order valence-corrected chi connectivity index (χ3v) is 5.08. The zero-order chi connectivity index (χ0) is 16.2. The summed E-state index contributed by atoms with van der Waals surface area (Å²) in [5, 5.41) is -0.00463. The Labute approximate surface area is 132 Å². The molecule has 1 fully saturated rings. The molecule has 0 aromatic rings. The molecule has 0 bridgehead atoms. The quantitative estimate of drug-likeness (QED) is 0.552. The van der Waals surface area contributed by atoms with E-state index in [1.54, 1.807) is 0 Å². The zero-order valence-electron chi connectivity index (χ0n) is 13.0. The van der Waals surface area contributed by atoms with E-state index >= 15 is 0 Å². The summed E-state index contributed by atoms with van der Waals surface area (Å²) in [6.07, 6.45) is 1.68. The van der Waals surface area contributed by atoms with Crippen molar-refractivity contribution >= 4 is 28.6 Å². The molecule has 0 amide bonds. The lowest BCUT2D eigenvalue weighted by Gasteiger charge is -2.24. The number of methoxy groups -OCH3 is 1. The Morgan fingerprint density at radius 3 is 2.52 bits per heavy atom. The highest BCUT2D eigenvalue weighted by atomic mass is 32.2. The van der Waals surface area contributed by atoms with Crippen LogP contribution in [-0.4, -0.2) is 62.6 Å². The van der Waals surface area contributed by atoms with Crippen molar-refractivity contribution in [1.29, 1.82) is 0 Å². The number of thiol groups is 1. The summed E-state index contributed by atoms with van der Waals surface area (Å²) in [5.74, 6) is -0.142. The van der Waals surface area contributed by atoms with E-state index in [2.05, 4.69) is 12.6 Å². The van der Waals surface area contributed by atoms with E-state index in [0.717, 1.165) is 0 Å². The van der Waals surface area contributed by atoms with Gasteiger partial charge in [-0.15, -0.1) is 0 Å². The Balaban J connectivity index is 2.67. The van der Waals surface area contributed by atoms with Crippen LogP contribution in [0.1, 0.15) is 26.7 Å². The first-order valence-corrected chi connectivity index (χ1v) is 9.36. The van der Waals surface area contributed by atoms with Gasteiger partial charge >= 0.3 is 5.97 Å². The molecule has 6 nitrogen and oxygen atoms in total. The van der Waals surface area contributed by atoms with E-state index in [4.69, 9.17) is 9.47 Å². The number of hydrogen-bond donors (Lipinski definition) is 1. The molecular formula is C13H25NO5S2. The lowest BCUT2D eigenvalue weighted by molar-refractivity contribution is -0.155. The van der Waals surface area contributed by atoms with E-state index in [-0.39, 0.29) is 23.8 Å². The summed E-state index contributed by atoms with van der Waals surface area (Å²) < 4.78 is 35.3. The molecule has 0 unspecified atom stereocenters. The molecule has 1 aliphatic rings. The number of hydrogen-bond acceptors (Lipinski definition) is 6. The molecule has 0 spiro atoms. The van der Waals surface area contributed by atoms with Crippen LogP contribution in [0.5, 0.6) is 0 Å². The molecule has 1 aliphatic heterocycles. The summed E-state index contributed by atoms with van der Waals surface area (Å²) in [6.45, 7) is 4.53. The first-order valence-electron chi connectivity index (χ1n) is 6.99. The van der Waals surface area contributed by atoms with E-state index in [1.165, 1.54) is 17.7 Å². The Kier molecular flexibility index (Phi) is 6.96. The smallest absolute Gasteiger partial charge is 0.334 e. The number of sulfonamides is 1. The Morgan fingerprint density at radius 2 is 2.05 bits per heavy atom. The van der Waals surface area contributed by atoms with Gasteiger partial charge in [-0.1, -0.05) is 13.8 Å². The van der Waals surface area contributed by atoms with Gasteiger partial charge in [-0.2, -0.15) is 16.9 Å². The van der Waals surface area contributed by atoms with Crippen molar-refractivity contribution in [2.45, 2.75) is 44.1 Å². The van der Waals surface area contributed by atoms with E-state index < -0.39 is 22.1 Å². The normalized spacial score (nSPS) is 25.2. The second kappa shape index (κ2) is 7.80. The van der Waals surface area contributed by atoms with E-state index in [0.29, 0.717) is 19.4 Å². The summed E-state index contributed by atoms with van der Waals surface area (Å²) in [5.41, 5.74) is 0. The summed E-state index contributed by atoms with van der Waals surface area (Å²) >= 11 is 4.35. The average Bonchev–Trinajstić information content (AvgIpc) is 2.74. The summed E-state index contributed by atoms with van der Waals surface area (Å²) in [4.78, 5) is 11.7. The number of carbonyl (C=O) groups excluding carboxylic acids is 1. The zero-order valence-corrected chi connectivity index (χ0v) is 14.7. The minimum atomic E-state index is -3.29. The third-order valence-electron chi connectivity index (χ3n) is 3.41. The number of ether oxygens (including phenoxy) is 2. The molecule has 1 rings (SSSR count). The topological polar surface area (TPSA) is 72.9 Å². The predicted octanol–water partition coefficient (Wildman–Crippen LogP) is 0.923. The molecule has 0 N–H and O–H groups in total. The molecule has 8 heteroatoms. The van der Waals surface area contributed by atoms with Crippen molar-refractivity contribution < 1.29 is 22.7 Å². The van der Waals surface area contributed by atoms with Crippen LogP contribution in [0, 0.1) is 5.92 Å². The van der Waals surface area contributed by atoms with Gasteiger partial charge < -0.3 is 9.47 Å². The van der Waals surface area contributed by atoms with Crippen molar-refractivity contribution in [1.82, 2.24) is 4.31 Å². The molecule has 0 aliphatic carbocycles. The second-order valence-electron chi connectivity index (χ2n) is 5.85. The van der Waals surface area contributed by atoms with Crippen LogP contribution >= 0.6 is 12.6 Å². The number of rotatable bonds is 7. The highest BCUT2D eigenvalue weighted by Crippen LogP contribution is 2.25. The van der Waals surface area contributed by atoms with Gasteiger partial charge in [-0.05, 0) is 18.8 Å². The first kappa shape index (κ1) is 18.7. The molecule has 124 valence electrons. The molecular weight excluding hydrogens is 314 g/mol. The standard InChI is InChI=1S/C13H25NO5S2/c1-9(2)5-12(13(15)18-3)19-8-10-6-11(20)7-14(10)21(4,16)17/h9-12,20H,5-8H2,1-4H3/t10-,11+,12-/m0/s1. The molecule has 3 atom stereocenters. The Hall–Kier alpha value is -0.310. The second-order valence-corrected chi connectivity index (χ2v) is 8.52. The number of nitrogens with zero attached hydrogens (tertiary/aromatic N) is 1. The number of carbonyl (C=O) groups is 1. The molecule has 21 heavy (non-hydrogen) atoms. The SMILES string of the molecule is COC(=O)[C@H](CC(C)C)OC[C@@H]1C[C@@H](S)CN1S(C)(=O)=O. The predicted molar refractivity (Wildman–Crippen MR) is 83.9 cm³/mol. The monoisotopic (exact) mass is 339 g/mol. The van der Waals surface area contributed by atoms with Gasteiger partial charge in [-0.25, -0.2) is 13.2 Å². The van der Waals surface area contributed by atoms with Crippen molar-refractivity contribution in [3.8, 4) is 0 Å². The van der Waals surface area contributed by atoms with Crippen LogP contribution in [0.25, 0.3) is 0 Å². The van der Waals surface area contributed by atoms with Crippen LogP contribution in [0.15, 0.2) is 0 Å². The number of esters is 1. The van der Waals surface area contributed by atoms with Gasteiger partial charge in [0.25, 0.3) is 0 Å². The van der Waals surface area contributed by atoms with Crippen LogP contribution in [0.4, 0.5) is 0 Å². The molecule has 0 saturated carbocycles. The fraction of sp³-hybridized carbons (Fsp3) is 0.923. The van der Waals surface area contributed by atoms with Crippen molar-refractivity contribution in [2.75, 3.05) is 26.5 Å². The van der Waals surface area contributed by atoms with Crippen LogP contribution in [0.2, 0.25) is 0 Å². The highest BCUT2D eigenvalue weighted by molar-refractivity contribution is 7.88. The van der Waals surface area contributed by atoms with E-state index in [1.807, 2.05) is 13.8 Å². The molecule has 0 aromatic heterocycles. The minimum absolute atomic E-state index is 0.00463. The lowest BCUT2D eigenvalue weighted by atomic mass is 10.1. The van der Waals surface area contributed by atoms with Crippen molar-refractivity contribution in [2.24, 2.45) is 5.92 Å². The highest BCUT2D eigenvalue weighted by Gasteiger charge is 2.37. The van der Waals surface area contributed by atoms with Gasteiger partial charge in [0.05, 0.1) is 20.0 Å². The lowest BCUT2D eigenvalue weighted by Crippen LogP contribution is -2.40. The molecule has 0 radical (unpaired) electrons. The van der Waals surface area contributed by atoms with Gasteiger partial charge in [0.15, 0.2) is 6.10 Å². The fourth-order valence-electron chi connectivity index (χ4n) is 2.44. The average molecular weight is 339 g/mol. The van der Waals surface area contributed by atoms with Crippen LogP contribution in [0.3, 0.4) is 0 Å². The van der Waals surface area contributed by atoms with Gasteiger partial charge in [0.1, 0.15) is 0 Å². The Morgan fingerprint density at radius 1 is 1.43 bits per heavy atom. The first-order chi connectivity index (χ1) is 9.65. The van der Waals surface area contributed by atoms with Crippen molar-refractivity contribution in [3.05, 3.63) is 0 Å². The van der Waals surface area contributed by atoms with Gasteiger partial charge in [-0.3, -0.25) is 0 Å². The minimum Gasteiger partial charge on any atom is -0.467 e. The Bertz CT molecular complexity index is 451. The van der Waals surface area contributed by atoms with Crippen LogP contribution in [-0.2, 0) is 24.3 Å². The van der Waals surface area contributed by atoms with Gasteiger partial charge in [0.2, 0.25) is 10.0 Å². The maximum atomic E-state index is 11.7. The van der Waals surface area contributed by atoms with Gasteiger partial charge in [0, 0.05) is 17.8 Å². The van der Waals surface area contributed by atoms with Crippen LogP contribution < -0.4 is 0 Å².